The summed E-state index contributed by atoms with van der Waals surface area (Å²) in [5, 5.41) is 5.37. The first-order chi connectivity index (χ1) is 11.8. The van der Waals surface area contributed by atoms with Gasteiger partial charge in [0.1, 0.15) is 0 Å². The molecule has 0 saturated heterocycles. The minimum absolute atomic E-state index is 0.144. The van der Waals surface area contributed by atoms with E-state index in [1.807, 2.05) is 12.1 Å². The van der Waals surface area contributed by atoms with Crippen LogP contribution in [0.3, 0.4) is 0 Å². The van der Waals surface area contributed by atoms with E-state index in [0.717, 1.165) is 13.9 Å². The van der Waals surface area contributed by atoms with Crippen LogP contribution in [0.4, 0.5) is 0 Å². The molecule has 1 heterocycles. The van der Waals surface area contributed by atoms with Gasteiger partial charge in [0.2, 0.25) is 0 Å². The molecular weight excluding hydrogens is 399 g/mol. The summed E-state index contributed by atoms with van der Waals surface area (Å²) in [6.45, 7) is 3.53. The van der Waals surface area contributed by atoms with Crippen molar-refractivity contribution in [2.75, 3.05) is 0 Å². The van der Waals surface area contributed by atoms with Crippen molar-refractivity contribution in [2.24, 2.45) is 0 Å². The Bertz CT molecular complexity index is 1010. The monoisotopic (exact) mass is 412 g/mol. The van der Waals surface area contributed by atoms with E-state index in [4.69, 9.17) is 23.2 Å². The standard InChI is InChI=1S/C17H14Cl2N2O2S2/c1-11-17(24-15-7-3-13(18)4-8-15)12(2)21(20-11)25(22,23)16-9-5-14(19)6-10-16/h3-10H,1-2H3. The third-order valence-corrected chi connectivity index (χ3v) is 7.04. The Labute approximate surface area is 160 Å². The van der Waals surface area contributed by atoms with Gasteiger partial charge < -0.3 is 0 Å². The van der Waals surface area contributed by atoms with E-state index in [2.05, 4.69) is 5.10 Å². The molecule has 130 valence electrons. The molecular formula is C17H14Cl2N2O2S2. The van der Waals surface area contributed by atoms with Crippen molar-refractivity contribution in [3.05, 3.63) is 70.0 Å². The Morgan fingerprint density at radius 3 is 2.00 bits per heavy atom. The highest BCUT2D eigenvalue weighted by molar-refractivity contribution is 7.99. The van der Waals surface area contributed by atoms with Crippen LogP contribution in [0.1, 0.15) is 11.4 Å². The lowest BCUT2D eigenvalue weighted by Gasteiger charge is -2.07. The fourth-order valence-electron chi connectivity index (χ4n) is 2.31. The van der Waals surface area contributed by atoms with Crippen molar-refractivity contribution in [3.63, 3.8) is 0 Å². The Morgan fingerprint density at radius 2 is 1.44 bits per heavy atom. The largest absolute Gasteiger partial charge is 0.283 e. The number of hydrogen-bond donors (Lipinski definition) is 0. The predicted molar refractivity (Wildman–Crippen MR) is 101 cm³/mol. The zero-order valence-electron chi connectivity index (χ0n) is 13.4. The van der Waals surface area contributed by atoms with Crippen molar-refractivity contribution >= 4 is 45.0 Å². The molecule has 0 aliphatic rings. The lowest BCUT2D eigenvalue weighted by molar-refractivity contribution is 0.577. The average molecular weight is 413 g/mol. The molecule has 3 rings (SSSR count). The van der Waals surface area contributed by atoms with E-state index in [1.54, 1.807) is 38.1 Å². The van der Waals surface area contributed by atoms with E-state index < -0.39 is 10.0 Å². The molecule has 0 radical (unpaired) electrons. The quantitative estimate of drug-likeness (QED) is 0.590. The number of aromatic nitrogens is 2. The smallest absolute Gasteiger partial charge is 0.199 e. The maximum absolute atomic E-state index is 12.9. The van der Waals surface area contributed by atoms with Gasteiger partial charge in [0.25, 0.3) is 10.0 Å². The Hall–Kier alpha value is -1.47. The number of rotatable bonds is 4. The summed E-state index contributed by atoms with van der Waals surface area (Å²) in [6, 6.07) is 13.4. The van der Waals surface area contributed by atoms with E-state index in [-0.39, 0.29) is 4.90 Å². The summed E-state index contributed by atoms with van der Waals surface area (Å²) in [5.41, 5.74) is 1.21. The Balaban J connectivity index is 2.01. The first kappa shape index (κ1) is 18.3. The van der Waals surface area contributed by atoms with Crippen LogP contribution in [0.2, 0.25) is 10.0 Å². The Morgan fingerprint density at radius 1 is 0.920 bits per heavy atom. The average Bonchev–Trinajstić information content (AvgIpc) is 2.86. The molecule has 0 fully saturated rings. The predicted octanol–water partition coefficient (Wildman–Crippen LogP) is 5.19. The normalized spacial score (nSPS) is 11.7. The minimum Gasteiger partial charge on any atom is -0.199 e. The second-order valence-electron chi connectivity index (χ2n) is 5.36. The van der Waals surface area contributed by atoms with Crippen molar-refractivity contribution in [1.82, 2.24) is 9.19 Å². The molecule has 0 saturated carbocycles. The van der Waals surface area contributed by atoms with Crippen LogP contribution in [-0.4, -0.2) is 17.6 Å². The number of benzene rings is 2. The van der Waals surface area contributed by atoms with Gasteiger partial charge in [0.15, 0.2) is 0 Å². The van der Waals surface area contributed by atoms with Crippen LogP contribution in [0.25, 0.3) is 0 Å². The SMILES string of the molecule is Cc1nn(S(=O)(=O)c2ccc(Cl)cc2)c(C)c1Sc1ccc(Cl)cc1. The number of nitrogens with zero attached hydrogens (tertiary/aromatic N) is 2. The molecule has 0 atom stereocenters. The summed E-state index contributed by atoms with van der Waals surface area (Å²) in [7, 11) is -3.77. The van der Waals surface area contributed by atoms with E-state index in [9.17, 15) is 8.42 Å². The summed E-state index contributed by atoms with van der Waals surface area (Å²) >= 11 is 13.2. The van der Waals surface area contributed by atoms with Gasteiger partial charge in [-0.3, -0.25) is 0 Å². The van der Waals surface area contributed by atoms with Crippen LogP contribution in [-0.2, 0) is 10.0 Å². The molecule has 0 bridgehead atoms. The lowest BCUT2D eigenvalue weighted by atomic mass is 10.4. The maximum Gasteiger partial charge on any atom is 0.283 e. The van der Waals surface area contributed by atoms with Gasteiger partial charge in [-0.1, -0.05) is 35.0 Å². The van der Waals surface area contributed by atoms with Gasteiger partial charge in [0.05, 0.1) is 21.2 Å². The molecule has 3 aromatic rings. The second-order valence-corrected chi connectivity index (χ2v) is 9.08. The lowest BCUT2D eigenvalue weighted by Crippen LogP contribution is -2.16. The number of halogens is 2. The first-order valence-electron chi connectivity index (χ1n) is 7.30. The molecule has 0 unspecified atom stereocenters. The Kier molecular flexibility index (Phi) is 5.16. The molecule has 1 aromatic heterocycles. The molecule has 4 nitrogen and oxygen atoms in total. The van der Waals surface area contributed by atoms with Crippen LogP contribution in [0, 0.1) is 13.8 Å². The number of hydrogen-bond acceptors (Lipinski definition) is 4. The van der Waals surface area contributed by atoms with Crippen LogP contribution in [0.5, 0.6) is 0 Å². The van der Waals surface area contributed by atoms with Crippen molar-refractivity contribution < 1.29 is 8.42 Å². The molecule has 0 spiro atoms. The third-order valence-electron chi connectivity index (χ3n) is 3.56. The van der Waals surface area contributed by atoms with Gasteiger partial charge in [-0.25, -0.2) is 0 Å². The summed E-state index contributed by atoms with van der Waals surface area (Å²) < 4.78 is 26.8. The zero-order chi connectivity index (χ0) is 18.2. The van der Waals surface area contributed by atoms with Gasteiger partial charge in [-0.2, -0.15) is 17.6 Å². The number of aryl methyl sites for hydroxylation is 1. The highest BCUT2D eigenvalue weighted by Crippen LogP contribution is 2.34. The highest BCUT2D eigenvalue weighted by Gasteiger charge is 2.24. The van der Waals surface area contributed by atoms with Gasteiger partial charge >= 0.3 is 0 Å². The van der Waals surface area contributed by atoms with Crippen LogP contribution in [0.15, 0.2) is 63.2 Å². The fraction of sp³-hybridized carbons (Fsp3) is 0.118. The highest BCUT2D eigenvalue weighted by atomic mass is 35.5. The van der Waals surface area contributed by atoms with Crippen molar-refractivity contribution in [3.8, 4) is 0 Å². The summed E-state index contributed by atoms with van der Waals surface area (Å²) in [4.78, 5) is 1.91. The molecule has 0 aliphatic carbocycles. The summed E-state index contributed by atoms with van der Waals surface area (Å²) in [6.07, 6.45) is 0. The fourth-order valence-corrected chi connectivity index (χ4v) is 4.92. The van der Waals surface area contributed by atoms with Crippen molar-refractivity contribution in [1.29, 1.82) is 0 Å². The van der Waals surface area contributed by atoms with E-state index in [1.165, 1.54) is 23.9 Å². The molecule has 8 heteroatoms. The van der Waals surface area contributed by atoms with E-state index in [0.29, 0.717) is 21.4 Å². The van der Waals surface area contributed by atoms with Gasteiger partial charge in [-0.15, -0.1) is 0 Å². The van der Waals surface area contributed by atoms with Crippen molar-refractivity contribution in [2.45, 2.75) is 28.5 Å². The minimum atomic E-state index is -3.77. The maximum atomic E-state index is 12.9. The molecule has 2 aromatic carbocycles. The second kappa shape index (κ2) is 7.03. The van der Waals surface area contributed by atoms with Crippen LogP contribution >= 0.6 is 35.0 Å². The van der Waals surface area contributed by atoms with E-state index >= 15 is 0 Å². The van der Waals surface area contributed by atoms with Crippen LogP contribution < -0.4 is 0 Å². The zero-order valence-corrected chi connectivity index (χ0v) is 16.5. The first-order valence-corrected chi connectivity index (χ1v) is 10.3. The summed E-state index contributed by atoms with van der Waals surface area (Å²) in [5.74, 6) is 0. The van der Waals surface area contributed by atoms with Gasteiger partial charge in [-0.05, 0) is 62.4 Å². The molecule has 25 heavy (non-hydrogen) atoms. The molecule has 0 N–H and O–H groups in total. The van der Waals surface area contributed by atoms with Gasteiger partial charge in [0, 0.05) is 14.9 Å². The molecule has 0 amide bonds. The topological polar surface area (TPSA) is 52.0 Å². The third kappa shape index (κ3) is 3.72. The molecule has 0 aliphatic heterocycles.